The maximum absolute atomic E-state index is 12.3. The van der Waals surface area contributed by atoms with Crippen LogP contribution >= 0.6 is 11.6 Å². The number of alkyl halides is 2. The average molecular weight is 302 g/mol. The number of hydrogen-bond acceptors (Lipinski definition) is 2. The molecule has 0 saturated heterocycles. The molecular formula is C15H18ClF2NO. The molecule has 0 radical (unpaired) electrons. The number of hydrogen-bond donors (Lipinski definition) is 1. The predicted octanol–water partition coefficient (Wildman–Crippen LogP) is 4.39. The summed E-state index contributed by atoms with van der Waals surface area (Å²) in [6.07, 6.45) is 7.74. The monoisotopic (exact) mass is 301 g/mol. The van der Waals surface area contributed by atoms with Gasteiger partial charge < -0.3 is 10.1 Å². The first-order valence-electron chi connectivity index (χ1n) is 6.74. The molecule has 2 nitrogen and oxygen atoms in total. The van der Waals surface area contributed by atoms with Crippen LogP contribution in [0.3, 0.4) is 0 Å². The molecule has 0 aromatic heterocycles. The van der Waals surface area contributed by atoms with Crippen LogP contribution in [-0.2, 0) is 6.54 Å². The van der Waals surface area contributed by atoms with Gasteiger partial charge in [-0.15, -0.1) is 0 Å². The third-order valence-electron chi connectivity index (χ3n) is 3.36. The quantitative estimate of drug-likeness (QED) is 0.787. The van der Waals surface area contributed by atoms with Crippen molar-refractivity contribution in [2.45, 2.75) is 32.4 Å². The van der Waals surface area contributed by atoms with Gasteiger partial charge in [0.15, 0.2) is 0 Å². The predicted molar refractivity (Wildman–Crippen MR) is 76.3 cm³/mol. The summed E-state index contributed by atoms with van der Waals surface area (Å²) >= 11 is 5.90. The van der Waals surface area contributed by atoms with E-state index >= 15 is 0 Å². The Bertz CT molecular complexity index is 465. The lowest BCUT2D eigenvalue weighted by molar-refractivity contribution is -0.0505. The highest BCUT2D eigenvalue weighted by atomic mass is 35.5. The molecule has 1 aromatic rings. The van der Waals surface area contributed by atoms with Crippen molar-refractivity contribution in [2.24, 2.45) is 5.92 Å². The molecule has 1 atom stereocenters. The number of nitrogens with one attached hydrogen (secondary N) is 1. The largest absolute Gasteiger partial charge is 0.434 e. The normalized spacial score (nSPS) is 18.5. The van der Waals surface area contributed by atoms with Crippen molar-refractivity contribution in [1.29, 1.82) is 0 Å². The lowest BCUT2D eigenvalue weighted by Crippen LogP contribution is -2.23. The Morgan fingerprint density at radius 3 is 2.90 bits per heavy atom. The highest BCUT2D eigenvalue weighted by Crippen LogP contribution is 2.25. The minimum atomic E-state index is -2.82. The van der Waals surface area contributed by atoms with Crippen molar-refractivity contribution in [3.8, 4) is 5.75 Å². The molecule has 20 heavy (non-hydrogen) atoms. The van der Waals surface area contributed by atoms with Crippen molar-refractivity contribution >= 4 is 11.6 Å². The van der Waals surface area contributed by atoms with Crippen molar-refractivity contribution in [3.05, 3.63) is 40.9 Å². The summed E-state index contributed by atoms with van der Waals surface area (Å²) in [5, 5.41) is 3.81. The van der Waals surface area contributed by atoms with Gasteiger partial charge in [-0.3, -0.25) is 0 Å². The summed E-state index contributed by atoms with van der Waals surface area (Å²) in [5.74, 6) is 0.791. The summed E-state index contributed by atoms with van der Waals surface area (Å²) in [6.45, 7) is -1.48. The number of allylic oxidation sites excluding steroid dienone is 2. The topological polar surface area (TPSA) is 21.3 Å². The van der Waals surface area contributed by atoms with Gasteiger partial charge in [-0.2, -0.15) is 8.78 Å². The summed E-state index contributed by atoms with van der Waals surface area (Å²) in [7, 11) is 0. The van der Waals surface area contributed by atoms with E-state index in [1.165, 1.54) is 12.5 Å². The zero-order valence-electron chi connectivity index (χ0n) is 11.1. The first-order valence-corrected chi connectivity index (χ1v) is 7.12. The van der Waals surface area contributed by atoms with Gasteiger partial charge >= 0.3 is 6.61 Å². The third kappa shape index (κ3) is 4.76. The van der Waals surface area contributed by atoms with E-state index in [1.54, 1.807) is 12.1 Å². The Morgan fingerprint density at radius 1 is 1.35 bits per heavy atom. The molecule has 110 valence electrons. The Labute approximate surface area is 122 Å². The maximum atomic E-state index is 12.3. The lowest BCUT2D eigenvalue weighted by Gasteiger charge is -2.19. The van der Waals surface area contributed by atoms with Crippen LogP contribution in [0.2, 0.25) is 5.02 Å². The minimum Gasteiger partial charge on any atom is -0.434 e. The second-order valence-electron chi connectivity index (χ2n) is 4.91. The minimum absolute atomic E-state index is 0.181. The number of ether oxygens (including phenoxy) is 1. The highest BCUT2D eigenvalue weighted by Gasteiger charge is 2.12. The molecule has 0 spiro atoms. The molecule has 1 aliphatic carbocycles. The fourth-order valence-corrected chi connectivity index (χ4v) is 2.54. The Balaban J connectivity index is 1.90. The second-order valence-corrected chi connectivity index (χ2v) is 5.35. The van der Waals surface area contributed by atoms with Crippen LogP contribution in [0.1, 0.15) is 24.8 Å². The van der Waals surface area contributed by atoms with Gasteiger partial charge in [0.05, 0.1) is 0 Å². The maximum Gasteiger partial charge on any atom is 0.387 e. The Hall–Kier alpha value is -1.13. The fourth-order valence-electron chi connectivity index (χ4n) is 2.35. The van der Waals surface area contributed by atoms with Crippen LogP contribution in [0.25, 0.3) is 0 Å². The third-order valence-corrected chi connectivity index (χ3v) is 3.60. The first-order chi connectivity index (χ1) is 9.65. The van der Waals surface area contributed by atoms with E-state index in [1.807, 2.05) is 0 Å². The summed E-state index contributed by atoms with van der Waals surface area (Å²) in [5.41, 5.74) is 0.657. The van der Waals surface area contributed by atoms with E-state index in [4.69, 9.17) is 11.6 Å². The lowest BCUT2D eigenvalue weighted by atomic mass is 9.94. The van der Waals surface area contributed by atoms with Crippen LogP contribution in [-0.4, -0.2) is 13.2 Å². The van der Waals surface area contributed by atoms with Crippen molar-refractivity contribution in [3.63, 3.8) is 0 Å². The van der Waals surface area contributed by atoms with Crippen molar-refractivity contribution < 1.29 is 13.5 Å². The molecular weight excluding hydrogens is 284 g/mol. The van der Waals surface area contributed by atoms with Crippen LogP contribution in [0.4, 0.5) is 8.78 Å². The second kappa shape index (κ2) is 7.60. The molecule has 5 heteroatoms. The van der Waals surface area contributed by atoms with Crippen molar-refractivity contribution in [2.75, 3.05) is 6.54 Å². The smallest absolute Gasteiger partial charge is 0.387 e. The molecule has 0 bridgehead atoms. The highest BCUT2D eigenvalue weighted by molar-refractivity contribution is 6.30. The zero-order chi connectivity index (χ0) is 14.4. The van der Waals surface area contributed by atoms with Crippen molar-refractivity contribution in [1.82, 2.24) is 5.32 Å². The summed E-state index contributed by atoms with van der Waals surface area (Å²) < 4.78 is 29.2. The molecule has 2 rings (SSSR count). The molecule has 0 aliphatic heterocycles. The van der Waals surface area contributed by atoms with Gasteiger partial charge in [0, 0.05) is 17.1 Å². The summed E-state index contributed by atoms with van der Waals surface area (Å²) in [6, 6.07) is 4.69. The van der Waals surface area contributed by atoms with Crippen LogP contribution in [0.15, 0.2) is 30.4 Å². The molecule has 0 saturated carbocycles. The number of halogens is 3. The van der Waals surface area contributed by atoms with Gasteiger partial charge in [-0.05, 0) is 49.9 Å². The van der Waals surface area contributed by atoms with Crippen LogP contribution in [0.5, 0.6) is 5.75 Å². The van der Waals surface area contributed by atoms with E-state index in [2.05, 4.69) is 22.2 Å². The van der Waals surface area contributed by atoms with Gasteiger partial charge in [0.25, 0.3) is 0 Å². The Morgan fingerprint density at radius 2 is 2.20 bits per heavy atom. The van der Waals surface area contributed by atoms with E-state index in [0.717, 1.165) is 19.4 Å². The standard InChI is InChI=1S/C15H18ClF2NO/c16-13-6-7-14(20-15(17)18)12(8-13)10-19-9-11-4-2-1-3-5-11/h1-2,6-8,11,15,19H,3-5,9-10H2. The molecule has 0 amide bonds. The molecule has 0 heterocycles. The summed E-state index contributed by atoms with van der Waals surface area (Å²) in [4.78, 5) is 0. The van der Waals surface area contributed by atoms with E-state index in [-0.39, 0.29) is 5.75 Å². The first kappa shape index (κ1) is 15.3. The Kier molecular flexibility index (Phi) is 5.80. The van der Waals surface area contributed by atoms with E-state index < -0.39 is 6.61 Å². The molecule has 1 aromatic carbocycles. The van der Waals surface area contributed by atoms with Gasteiger partial charge in [-0.25, -0.2) is 0 Å². The van der Waals surface area contributed by atoms with Gasteiger partial charge in [-0.1, -0.05) is 23.8 Å². The molecule has 0 fully saturated rings. The molecule has 1 aliphatic rings. The average Bonchev–Trinajstić information content (AvgIpc) is 2.42. The fraction of sp³-hybridized carbons (Fsp3) is 0.467. The van der Waals surface area contributed by atoms with E-state index in [0.29, 0.717) is 23.0 Å². The van der Waals surface area contributed by atoms with Crippen LogP contribution in [0, 0.1) is 5.92 Å². The molecule has 1 N–H and O–H groups in total. The van der Waals surface area contributed by atoms with E-state index in [9.17, 15) is 8.78 Å². The zero-order valence-corrected chi connectivity index (χ0v) is 11.9. The number of benzene rings is 1. The van der Waals surface area contributed by atoms with Gasteiger partial charge in [0.2, 0.25) is 0 Å². The van der Waals surface area contributed by atoms with Crippen LogP contribution < -0.4 is 10.1 Å². The van der Waals surface area contributed by atoms with Gasteiger partial charge in [0.1, 0.15) is 5.75 Å². The molecule has 1 unspecified atom stereocenters. The SMILES string of the molecule is FC(F)Oc1ccc(Cl)cc1CNCC1CC=CCC1. The number of rotatable bonds is 6.